The van der Waals surface area contributed by atoms with Gasteiger partial charge in [-0.15, -0.1) is 0 Å². The SMILES string of the molecule is [2H][B]C(C)CCCC. The summed E-state index contributed by atoms with van der Waals surface area (Å²) in [4.78, 5) is 0. The first-order valence-electron chi connectivity index (χ1n) is 3.60. The summed E-state index contributed by atoms with van der Waals surface area (Å²) in [7, 11) is 1.52. The van der Waals surface area contributed by atoms with E-state index in [4.69, 9.17) is 1.34 Å². The summed E-state index contributed by atoms with van der Waals surface area (Å²) < 4.78 is 6.86. The molecule has 0 nitrogen and oxygen atoms in total. The van der Waals surface area contributed by atoms with Gasteiger partial charge in [0.05, 0.1) is 7.81 Å². The number of rotatable bonds is 4. The van der Waals surface area contributed by atoms with E-state index in [1.165, 1.54) is 27.1 Å². The maximum absolute atomic E-state index is 6.86. The van der Waals surface area contributed by atoms with E-state index < -0.39 is 0 Å². The second-order valence-electron chi connectivity index (χ2n) is 2.12. The molecule has 7 heavy (non-hydrogen) atoms. The van der Waals surface area contributed by atoms with Crippen LogP contribution in [0.3, 0.4) is 0 Å². The van der Waals surface area contributed by atoms with Gasteiger partial charge in [-0.25, -0.2) is 0 Å². The Hall–Kier alpha value is 0.0649. The average Bonchev–Trinajstić information content (AvgIpc) is 1.83. The minimum absolute atomic E-state index is 0.495. The van der Waals surface area contributed by atoms with Gasteiger partial charge in [0.15, 0.2) is 0 Å². The molecule has 0 aromatic carbocycles. The summed E-state index contributed by atoms with van der Waals surface area (Å²) in [6.45, 7) is 4.26. The van der Waals surface area contributed by atoms with Crippen LogP contribution < -0.4 is 0 Å². The van der Waals surface area contributed by atoms with Gasteiger partial charge in [0.1, 0.15) is 0 Å². The van der Waals surface area contributed by atoms with Gasteiger partial charge in [-0.3, -0.25) is 0 Å². The normalized spacial score (nSPS) is 15.4. The van der Waals surface area contributed by atoms with Gasteiger partial charge >= 0.3 is 0 Å². The smallest absolute Gasteiger partial charge is 0.0761 e. The molecule has 0 fully saturated rings. The van der Waals surface area contributed by atoms with Crippen LogP contribution in [0.2, 0.25) is 5.82 Å². The molecule has 0 aromatic rings. The van der Waals surface area contributed by atoms with E-state index in [0.717, 1.165) is 0 Å². The van der Waals surface area contributed by atoms with E-state index >= 15 is 0 Å². The van der Waals surface area contributed by atoms with Crippen LogP contribution in [-0.2, 0) is 0 Å². The van der Waals surface area contributed by atoms with Gasteiger partial charge in [-0.2, -0.15) is 0 Å². The van der Waals surface area contributed by atoms with E-state index in [-0.39, 0.29) is 0 Å². The minimum Gasteiger partial charge on any atom is -0.0761 e. The van der Waals surface area contributed by atoms with Crippen LogP contribution in [-0.4, -0.2) is 9.15 Å². The number of hydrogen-bond acceptors (Lipinski definition) is 0. The molecule has 0 aliphatic rings. The summed E-state index contributed by atoms with van der Waals surface area (Å²) in [5.74, 6) is 0.495. The Morgan fingerprint density at radius 2 is 2.57 bits per heavy atom. The molecule has 1 unspecified atom stereocenters. The molecule has 0 rings (SSSR count). The van der Waals surface area contributed by atoms with E-state index in [0.29, 0.717) is 5.82 Å². The summed E-state index contributed by atoms with van der Waals surface area (Å²) in [6, 6.07) is 0. The highest BCUT2D eigenvalue weighted by Gasteiger charge is 1.88. The first-order chi connectivity index (χ1) is 3.81. The van der Waals surface area contributed by atoms with Crippen LogP contribution in [0.4, 0.5) is 0 Å². The highest BCUT2D eigenvalue weighted by molar-refractivity contribution is 6.11. The van der Waals surface area contributed by atoms with Crippen molar-refractivity contribution in [2.45, 2.75) is 38.9 Å². The van der Waals surface area contributed by atoms with Crippen molar-refractivity contribution in [3.05, 3.63) is 0 Å². The summed E-state index contributed by atoms with van der Waals surface area (Å²) >= 11 is 0. The molecule has 1 atom stereocenters. The molecule has 0 bridgehead atoms. The van der Waals surface area contributed by atoms with Crippen LogP contribution in [0, 0.1) is 0 Å². The van der Waals surface area contributed by atoms with Crippen LogP contribution in [0.15, 0.2) is 0 Å². The van der Waals surface area contributed by atoms with Gasteiger partial charge in [-0.05, 0) is 1.34 Å². The molecule has 1 heteroatoms. The Balaban J connectivity index is 2.86. The van der Waals surface area contributed by atoms with E-state index in [2.05, 4.69) is 13.8 Å². The highest BCUT2D eigenvalue weighted by Crippen LogP contribution is 2.07. The Morgan fingerprint density at radius 3 is 3.00 bits per heavy atom. The lowest BCUT2D eigenvalue weighted by atomic mass is 9.85. The topological polar surface area (TPSA) is 0 Å². The predicted molar refractivity (Wildman–Crippen MR) is 36.1 cm³/mol. The minimum atomic E-state index is 0.495. The zero-order valence-electron chi connectivity index (χ0n) is 6.28. The van der Waals surface area contributed by atoms with Crippen molar-refractivity contribution in [3.8, 4) is 0 Å². The van der Waals surface area contributed by atoms with Crippen molar-refractivity contribution in [2.75, 3.05) is 0 Å². The quantitative estimate of drug-likeness (QED) is 0.471. The van der Waals surface area contributed by atoms with E-state index in [1.54, 1.807) is 0 Å². The van der Waals surface area contributed by atoms with Gasteiger partial charge in [0.25, 0.3) is 0 Å². The maximum atomic E-state index is 6.86. The van der Waals surface area contributed by atoms with Crippen LogP contribution in [0.25, 0.3) is 0 Å². The third-order valence-electron chi connectivity index (χ3n) is 1.01. The van der Waals surface area contributed by atoms with Crippen LogP contribution in [0.1, 0.15) is 33.1 Å². The fraction of sp³-hybridized carbons (Fsp3) is 1.00. The molecule has 0 spiro atoms. The molecule has 41 valence electrons. The fourth-order valence-corrected chi connectivity index (χ4v) is 0.526. The largest absolute Gasteiger partial charge is 0.0905 e. The fourth-order valence-electron chi connectivity index (χ4n) is 0.526. The molecular weight excluding hydrogens is 82.9 g/mol. The molecule has 0 aliphatic carbocycles. The van der Waals surface area contributed by atoms with E-state index in [1.807, 2.05) is 0 Å². The molecule has 0 amide bonds. The van der Waals surface area contributed by atoms with Crippen molar-refractivity contribution < 1.29 is 0 Å². The predicted octanol–water partition coefficient (Wildman–Crippen LogP) is 1.89. The average molecular weight is 98.0 g/mol. The molecule has 0 heterocycles. The zero-order chi connectivity index (χ0) is 6.41. The van der Waals surface area contributed by atoms with Crippen molar-refractivity contribution in [1.29, 1.82) is 1.34 Å². The van der Waals surface area contributed by atoms with Crippen molar-refractivity contribution in [1.82, 2.24) is 0 Å². The number of unbranched alkanes of at least 4 members (excludes halogenated alkanes) is 1. The second kappa shape index (κ2) is 4.23. The van der Waals surface area contributed by atoms with Crippen LogP contribution in [0.5, 0.6) is 0 Å². The molecule has 0 aliphatic heterocycles. The third-order valence-corrected chi connectivity index (χ3v) is 1.01. The summed E-state index contributed by atoms with van der Waals surface area (Å²) in [5, 5.41) is 0. The Morgan fingerprint density at radius 1 is 1.86 bits per heavy atom. The van der Waals surface area contributed by atoms with Gasteiger partial charge in [-0.1, -0.05) is 38.9 Å². The third kappa shape index (κ3) is 6.06. The Bertz CT molecular complexity index is 47.8. The monoisotopic (exact) mass is 98.1 g/mol. The first kappa shape index (κ1) is 5.21. The molecule has 1 radical (unpaired) electrons. The molecule has 0 N–H and O–H groups in total. The summed E-state index contributed by atoms with van der Waals surface area (Å²) in [5.41, 5.74) is 0. The lowest BCUT2D eigenvalue weighted by Crippen LogP contribution is -1.82. The summed E-state index contributed by atoms with van der Waals surface area (Å²) in [6.07, 6.45) is 3.69. The van der Waals surface area contributed by atoms with Crippen molar-refractivity contribution in [3.63, 3.8) is 0 Å². The molecule has 0 saturated heterocycles. The van der Waals surface area contributed by atoms with Crippen molar-refractivity contribution in [2.24, 2.45) is 0 Å². The van der Waals surface area contributed by atoms with E-state index in [9.17, 15) is 0 Å². The van der Waals surface area contributed by atoms with Gasteiger partial charge in [0.2, 0.25) is 0 Å². The highest BCUT2D eigenvalue weighted by atomic mass is 13.9. The first-order valence-corrected chi connectivity index (χ1v) is 3.03. The second-order valence-corrected chi connectivity index (χ2v) is 2.12. The molecule has 0 aromatic heterocycles. The number of hydrogen-bond donors (Lipinski definition) is 0. The standard InChI is InChI=1S/C6H14B/c1-3-4-5-6(2)7/h6-7H,3-5H2,1-2H3/i7D. The lowest BCUT2D eigenvalue weighted by Gasteiger charge is -1.98. The van der Waals surface area contributed by atoms with Crippen molar-refractivity contribution >= 4 is 7.81 Å². The Labute approximate surface area is 49.1 Å². The Kier molecular flexibility index (Phi) is 3.15. The van der Waals surface area contributed by atoms with Gasteiger partial charge < -0.3 is 0 Å². The molecule has 0 saturated carbocycles. The lowest BCUT2D eigenvalue weighted by molar-refractivity contribution is 0.701. The zero-order valence-corrected chi connectivity index (χ0v) is 5.28. The van der Waals surface area contributed by atoms with Crippen LogP contribution >= 0.6 is 0 Å². The van der Waals surface area contributed by atoms with Gasteiger partial charge in [0, 0.05) is 0 Å². The molecular formula is C6H14B. The maximum Gasteiger partial charge on any atom is 0.0905 e.